The van der Waals surface area contributed by atoms with Crippen molar-refractivity contribution in [3.05, 3.63) is 136 Å². The lowest BCUT2D eigenvalue weighted by Gasteiger charge is -2.13. The molecule has 208 valence electrons. The molecule has 4 aromatic rings. The Hall–Kier alpha value is -1.70. The van der Waals surface area contributed by atoms with E-state index in [9.17, 15) is 0 Å². The molecule has 0 saturated heterocycles. The molecule has 0 unspecified atom stereocenters. The third-order valence-corrected chi connectivity index (χ3v) is 9.71. The number of halogens is 3. The van der Waals surface area contributed by atoms with Crippen LogP contribution < -0.4 is 0 Å². The smallest absolute Gasteiger partial charge is 0.427 e. The summed E-state index contributed by atoms with van der Waals surface area (Å²) in [6.45, 7) is 3.52. The average molecular weight is 727 g/mol. The molecular formula is C34H36BBr3O2. The molecule has 0 aliphatic heterocycles. The summed E-state index contributed by atoms with van der Waals surface area (Å²) in [6, 6.07) is 27.4. The van der Waals surface area contributed by atoms with Crippen LogP contribution in [0.3, 0.4) is 0 Å². The molecular weight excluding hydrogens is 691 g/mol. The second-order valence-electron chi connectivity index (χ2n) is 10.7. The molecule has 0 heterocycles. The summed E-state index contributed by atoms with van der Waals surface area (Å²) in [5.74, 6) is 0. The normalized spacial score (nSPS) is 13.6. The summed E-state index contributed by atoms with van der Waals surface area (Å²) in [6.07, 6.45) is 8.86. The number of hydrogen-bond donors (Lipinski definition) is 2. The van der Waals surface area contributed by atoms with Crippen molar-refractivity contribution in [2.75, 3.05) is 0 Å². The first kappa shape index (κ1) is 31.2. The number of hydrogen-bond acceptors (Lipinski definition) is 2. The van der Waals surface area contributed by atoms with E-state index in [-0.39, 0.29) is 0 Å². The zero-order valence-electron chi connectivity index (χ0n) is 23.2. The first-order valence-corrected chi connectivity index (χ1v) is 16.3. The topological polar surface area (TPSA) is 40.5 Å². The van der Waals surface area contributed by atoms with Gasteiger partial charge in [0.05, 0.1) is 0 Å². The molecule has 8 aliphatic rings. The Bertz CT molecular complexity index is 1230. The highest BCUT2D eigenvalue weighted by Gasteiger charge is 2.09. The zero-order chi connectivity index (χ0) is 28.6. The molecule has 12 rings (SSSR count). The van der Waals surface area contributed by atoms with Crippen LogP contribution in [0.4, 0.5) is 0 Å². The maximum Gasteiger partial charge on any atom is 0.448 e. The Morgan fingerprint density at radius 3 is 1.05 bits per heavy atom. The molecule has 2 nitrogen and oxygen atoms in total. The van der Waals surface area contributed by atoms with Crippen molar-refractivity contribution in [2.45, 2.75) is 65.1 Å². The third-order valence-electron chi connectivity index (χ3n) is 7.49. The molecule has 0 spiro atoms. The van der Waals surface area contributed by atoms with Crippen LogP contribution in [-0.2, 0) is 51.4 Å². The molecule has 0 saturated carbocycles. The van der Waals surface area contributed by atoms with E-state index in [1.165, 1.54) is 70.3 Å². The highest BCUT2D eigenvalue weighted by molar-refractivity contribution is 9.11. The van der Waals surface area contributed by atoms with Crippen LogP contribution in [0, 0.1) is 6.92 Å². The van der Waals surface area contributed by atoms with Crippen LogP contribution in [0.5, 0.6) is 0 Å². The van der Waals surface area contributed by atoms with E-state index in [0.29, 0.717) is 0 Å². The highest BCUT2D eigenvalue weighted by Crippen LogP contribution is 2.27. The van der Waals surface area contributed by atoms with Crippen LogP contribution in [0.25, 0.3) is 0 Å². The molecule has 0 atom stereocenters. The number of benzene rings is 4. The molecule has 0 amide bonds. The minimum atomic E-state index is -1.17. The van der Waals surface area contributed by atoms with E-state index in [1.54, 1.807) is 0 Å². The Balaban J connectivity index is 0.000000164. The van der Waals surface area contributed by atoms with Crippen molar-refractivity contribution < 1.29 is 10.0 Å². The van der Waals surface area contributed by atoms with Gasteiger partial charge in [0.2, 0.25) is 0 Å². The minimum Gasteiger partial charge on any atom is -0.427 e. The highest BCUT2D eigenvalue weighted by atomic mass is 79.9. The van der Waals surface area contributed by atoms with Crippen molar-refractivity contribution in [3.63, 3.8) is 0 Å². The molecule has 8 aliphatic carbocycles. The van der Waals surface area contributed by atoms with Gasteiger partial charge in [0, 0.05) is 13.4 Å². The predicted octanol–water partition coefficient (Wildman–Crippen LogP) is 8.83. The Kier molecular flexibility index (Phi) is 11.7. The standard InChI is InChI=1S/C17H17Br.C16H14Br2.CH5BO2/c1-12-10-13-2-6-15(12)7-3-14-5-9-16(8-4-13)17(18)11-14;17-15-9-11-1-5-13(15)8-4-12-2-6-14(7-3-11)16(18)10-12;1-2(3)4/h2,5-6,9-11H,3-4,7-8H2,1H3;1-2,5-6,9-10H,3-4,7-8H2;3-4H,1H3. The van der Waals surface area contributed by atoms with Crippen LogP contribution in [0.1, 0.15) is 50.1 Å². The van der Waals surface area contributed by atoms with Gasteiger partial charge in [-0.15, -0.1) is 0 Å². The van der Waals surface area contributed by atoms with Crippen molar-refractivity contribution in [3.8, 4) is 0 Å². The quantitative estimate of drug-likeness (QED) is 0.178. The second kappa shape index (κ2) is 15.0. The van der Waals surface area contributed by atoms with E-state index < -0.39 is 7.12 Å². The van der Waals surface area contributed by atoms with Crippen molar-refractivity contribution >= 4 is 54.9 Å². The number of rotatable bonds is 0. The molecule has 2 N–H and O–H groups in total. The summed E-state index contributed by atoms with van der Waals surface area (Å²) < 4.78 is 3.79. The maximum absolute atomic E-state index is 7.61. The van der Waals surface area contributed by atoms with Gasteiger partial charge in [-0.1, -0.05) is 102 Å². The van der Waals surface area contributed by atoms with Crippen LogP contribution in [0.2, 0.25) is 6.82 Å². The summed E-state index contributed by atoms with van der Waals surface area (Å²) in [7, 11) is -1.17. The van der Waals surface area contributed by atoms with E-state index in [4.69, 9.17) is 10.0 Å². The summed E-state index contributed by atoms with van der Waals surface area (Å²) >= 11 is 11.1. The lowest BCUT2D eigenvalue weighted by Crippen LogP contribution is -2.00. The van der Waals surface area contributed by atoms with Gasteiger partial charge in [0.1, 0.15) is 0 Å². The summed E-state index contributed by atoms with van der Waals surface area (Å²) in [5, 5.41) is 15.2. The van der Waals surface area contributed by atoms with E-state index in [2.05, 4.69) is 128 Å². The maximum atomic E-state index is 7.61. The molecule has 0 radical (unpaired) electrons. The lowest BCUT2D eigenvalue weighted by molar-refractivity contribution is 0.417. The van der Waals surface area contributed by atoms with E-state index in [1.807, 2.05) is 0 Å². The molecule has 0 aromatic heterocycles. The molecule has 4 aromatic carbocycles. The van der Waals surface area contributed by atoms with Crippen molar-refractivity contribution in [1.29, 1.82) is 0 Å². The zero-order valence-corrected chi connectivity index (χ0v) is 27.9. The molecule has 6 heteroatoms. The first-order chi connectivity index (χ1) is 19.2. The molecule has 0 fully saturated rings. The predicted molar refractivity (Wildman–Crippen MR) is 179 cm³/mol. The Morgan fingerprint density at radius 1 is 0.475 bits per heavy atom. The Labute approximate surface area is 264 Å². The van der Waals surface area contributed by atoms with E-state index in [0.717, 1.165) is 51.4 Å². The first-order valence-electron chi connectivity index (χ1n) is 13.9. The van der Waals surface area contributed by atoms with Crippen LogP contribution >= 0.6 is 47.8 Å². The molecule has 8 bridgehead atoms. The summed E-state index contributed by atoms with van der Waals surface area (Å²) in [4.78, 5) is 0. The fourth-order valence-corrected chi connectivity index (χ4v) is 7.03. The van der Waals surface area contributed by atoms with Crippen molar-refractivity contribution in [1.82, 2.24) is 0 Å². The third kappa shape index (κ3) is 9.16. The Morgan fingerprint density at radius 2 is 0.750 bits per heavy atom. The van der Waals surface area contributed by atoms with Gasteiger partial charge < -0.3 is 10.0 Å². The average Bonchev–Trinajstić information content (AvgIpc) is 2.89. The number of aryl methyl sites for hydroxylation is 9. The fourth-order valence-electron chi connectivity index (χ4n) is 5.16. The largest absolute Gasteiger partial charge is 0.448 e. The van der Waals surface area contributed by atoms with Gasteiger partial charge in [-0.2, -0.15) is 0 Å². The van der Waals surface area contributed by atoms with Gasteiger partial charge in [-0.3, -0.25) is 0 Å². The molecule has 40 heavy (non-hydrogen) atoms. The minimum absolute atomic E-state index is 1.09. The van der Waals surface area contributed by atoms with Crippen LogP contribution in [-0.4, -0.2) is 17.2 Å². The second-order valence-corrected chi connectivity index (χ2v) is 13.2. The lowest BCUT2D eigenvalue weighted by atomic mass is 9.94. The summed E-state index contributed by atoms with van der Waals surface area (Å²) in [5.41, 5.74) is 12.8. The van der Waals surface area contributed by atoms with Gasteiger partial charge >= 0.3 is 7.12 Å². The van der Waals surface area contributed by atoms with Gasteiger partial charge in [0.25, 0.3) is 0 Å². The van der Waals surface area contributed by atoms with Crippen LogP contribution in [0.15, 0.2) is 86.2 Å². The SMILES string of the molecule is Brc1cc2ccc1CCc1ccc(c(Br)c1)CC2.CB(O)O.Cc1cc2ccc1CCc1ccc(c(Br)c1)CC2. The fraction of sp³-hybridized carbons (Fsp3) is 0.294. The van der Waals surface area contributed by atoms with E-state index >= 15 is 0 Å². The van der Waals surface area contributed by atoms with Crippen molar-refractivity contribution in [2.24, 2.45) is 0 Å². The van der Waals surface area contributed by atoms with Gasteiger partial charge in [0.15, 0.2) is 0 Å². The monoisotopic (exact) mass is 724 g/mol. The van der Waals surface area contributed by atoms with Gasteiger partial charge in [-0.05, 0) is 133 Å². The van der Waals surface area contributed by atoms with Gasteiger partial charge in [-0.25, -0.2) is 0 Å².